The second-order valence-electron chi connectivity index (χ2n) is 4.80. The number of nitrogens with zero attached hydrogens (tertiary/aromatic N) is 3. The average Bonchev–Trinajstić information content (AvgIpc) is 2.84. The fourth-order valence-electron chi connectivity index (χ4n) is 1.99. The van der Waals surface area contributed by atoms with Gasteiger partial charge in [-0.3, -0.25) is 0 Å². The zero-order valence-corrected chi connectivity index (χ0v) is 11.4. The molecule has 0 aliphatic heterocycles. The van der Waals surface area contributed by atoms with E-state index in [4.69, 9.17) is 0 Å². The van der Waals surface area contributed by atoms with Crippen molar-refractivity contribution in [1.82, 2.24) is 14.5 Å². The summed E-state index contributed by atoms with van der Waals surface area (Å²) in [7, 11) is 4.18. The third kappa shape index (κ3) is 2.99. The van der Waals surface area contributed by atoms with Crippen LogP contribution in [-0.4, -0.2) is 35.1 Å². The van der Waals surface area contributed by atoms with Gasteiger partial charge in [0.15, 0.2) is 0 Å². The Morgan fingerprint density at radius 3 is 2.83 bits per heavy atom. The number of hydrogen-bond donors (Lipinski definition) is 0. The average molecular weight is 243 g/mol. The molecule has 3 heteroatoms. The number of aryl methyl sites for hydroxylation is 1. The Labute approximate surface area is 109 Å². The smallest absolute Gasteiger partial charge is 0.139 e. The number of imidazole rings is 1. The van der Waals surface area contributed by atoms with Gasteiger partial charge in [-0.25, -0.2) is 4.98 Å². The predicted octanol–water partition coefficient (Wildman–Crippen LogP) is 2.67. The molecule has 0 aliphatic carbocycles. The van der Waals surface area contributed by atoms with E-state index in [1.54, 1.807) is 0 Å². The maximum absolute atomic E-state index is 4.48. The van der Waals surface area contributed by atoms with Crippen LogP contribution < -0.4 is 0 Å². The Bertz CT molecular complexity index is 500. The summed E-state index contributed by atoms with van der Waals surface area (Å²) in [4.78, 5) is 6.67. The first-order chi connectivity index (χ1) is 8.70. The van der Waals surface area contributed by atoms with Crippen molar-refractivity contribution in [3.8, 4) is 11.4 Å². The molecule has 0 radical (unpaired) electrons. The molecule has 2 rings (SSSR count). The third-order valence-corrected chi connectivity index (χ3v) is 3.10. The van der Waals surface area contributed by atoms with Crippen LogP contribution >= 0.6 is 0 Å². The second-order valence-corrected chi connectivity index (χ2v) is 4.80. The minimum Gasteiger partial charge on any atom is -0.330 e. The number of benzene rings is 1. The molecule has 0 bridgehead atoms. The molecular formula is C15H21N3. The van der Waals surface area contributed by atoms with Crippen LogP contribution in [0.4, 0.5) is 0 Å². The quantitative estimate of drug-likeness (QED) is 0.805. The lowest BCUT2D eigenvalue weighted by Gasteiger charge is -2.12. The largest absolute Gasteiger partial charge is 0.330 e. The van der Waals surface area contributed by atoms with E-state index in [2.05, 4.69) is 65.9 Å². The van der Waals surface area contributed by atoms with Gasteiger partial charge in [0.25, 0.3) is 0 Å². The first-order valence-electron chi connectivity index (χ1n) is 6.46. The van der Waals surface area contributed by atoms with Gasteiger partial charge in [0.1, 0.15) is 5.82 Å². The summed E-state index contributed by atoms with van der Waals surface area (Å²) in [5, 5.41) is 0. The maximum atomic E-state index is 4.48. The van der Waals surface area contributed by atoms with Crippen LogP contribution in [0.25, 0.3) is 11.4 Å². The van der Waals surface area contributed by atoms with Gasteiger partial charge in [0.2, 0.25) is 0 Å². The highest BCUT2D eigenvalue weighted by molar-refractivity contribution is 5.56. The fourth-order valence-corrected chi connectivity index (χ4v) is 1.99. The molecule has 0 atom stereocenters. The fraction of sp³-hybridized carbons (Fsp3) is 0.400. The predicted molar refractivity (Wildman–Crippen MR) is 75.6 cm³/mol. The molecular weight excluding hydrogens is 222 g/mol. The van der Waals surface area contributed by atoms with Crippen molar-refractivity contribution in [3.63, 3.8) is 0 Å². The molecule has 3 nitrogen and oxygen atoms in total. The van der Waals surface area contributed by atoms with Crippen molar-refractivity contribution in [2.75, 3.05) is 20.6 Å². The zero-order valence-electron chi connectivity index (χ0n) is 11.4. The van der Waals surface area contributed by atoms with E-state index in [9.17, 15) is 0 Å². The van der Waals surface area contributed by atoms with Crippen molar-refractivity contribution >= 4 is 0 Å². The Kier molecular flexibility index (Phi) is 4.15. The number of rotatable bonds is 5. The van der Waals surface area contributed by atoms with Crippen LogP contribution in [0.3, 0.4) is 0 Å². The lowest BCUT2D eigenvalue weighted by Crippen LogP contribution is -2.18. The Balaban J connectivity index is 2.24. The zero-order chi connectivity index (χ0) is 13.0. The highest BCUT2D eigenvalue weighted by atomic mass is 15.1. The lowest BCUT2D eigenvalue weighted by atomic mass is 10.1. The minimum absolute atomic E-state index is 0.971. The molecule has 0 spiro atoms. The van der Waals surface area contributed by atoms with Crippen LogP contribution in [0.15, 0.2) is 36.7 Å². The molecule has 96 valence electrons. The lowest BCUT2D eigenvalue weighted by molar-refractivity contribution is 0.385. The van der Waals surface area contributed by atoms with Crippen LogP contribution in [0.5, 0.6) is 0 Å². The van der Waals surface area contributed by atoms with Gasteiger partial charge >= 0.3 is 0 Å². The normalized spacial score (nSPS) is 11.1. The van der Waals surface area contributed by atoms with Gasteiger partial charge in [0.05, 0.1) is 0 Å². The molecule has 0 unspecified atom stereocenters. The molecule has 2 aromatic rings. The number of aromatic nitrogens is 2. The highest BCUT2D eigenvalue weighted by Gasteiger charge is 2.06. The van der Waals surface area contributed by atoms with Crippen LogP contribution in [0.2, 0.25) is 0 Å². The molecule has 18 heavy (non-hydrogen) atoms. The minimum atomic E-state index is 0.971. The van der Waals surface area contributed by atoms with Crippen LogP contribution in [-0.2, 0) is 13.0 Å². The SMILES string of the molecule is CCc1cccc(-c2nccn2CCN(C)C)c1. The highest BCUT2D eigenvalue weighted by Crippen LogP contribution is 2.19. The van der Waals surface area contributed by atoms with E-state index >= 15 is 0 Å². The van der Waals surface area contributed by atoms with Crippen molar-refractivity contribution < 1.29 is 0 Å². The van der Waals surface area contributed by atoms with Crippen molar-refractivity contribution in [1.29, 1.82) is 0 Å². The van der Waals surface area contributed by atoms with E-state index in [0.717, 1.165) is 25.3 Å². The molecule has 1 aromatic heterocycles. The monoisotopic (exact) mass is 243 g/mol. The molecule has 0 saturated heterocycles. The molecule has 0 aliphatic rings. The summed E-state index contributed by atoms with van der Waals surface area (Å²) < 4.78 is 2.22. The van der Waals surface area contributed by atoms with Gasteiger partial charge < -0.3 is 9.47 Å². The van der Waals surface area contributed by atoms with E-state index in [1.165, 1.54) is 11.1 Å². The second kappa shape index (κ2) is 5.83. The number of likely N-dealkylation sites (N-methyl/N-ethyl adjacent to an activating group) is 1. The van der Waals surface area contributed by atoms with Gasteiger partial charge in [-0.15, -0.1) is 0 Å². The molecule has 1 aromatic carbocycles. The van der Waals surface area contributed by atoms with Crippen LogP contribution in [0, 0.1) is 0 Å². The van der Waals surface area contributed by atoms with Crippen molar-refractivity contribution in [3.05, 3.63) is 42.2 Å². The summed E-state index contributed by atoms with van der Waals surface area (Å²) in [5.41, 5.74) is 2.56. The molecule has 0 amide bonds. The maximum Gasteiger partial charge on any atom is 0.139 e. The van der Waals surface area contributed by atoms with Crippen molar-refractivity contribution in [2.24, 2.45) is 0 Å². The summed E-state index contributed by atoms with van der Waals surface area (Å²) >= 11 is 0. The molecule has 0 fully saturated rings. The Morgan fingerprint density at radius 2 is 2.11 bits per heavy atom. The van der Waals surface area contributed by atoms with Gasteiger partial charge in [0, 0.05) is 31.0 Å². The van der Waals surface area contributed by atoms with E-state index in [-0.39, 0.29) is 0 Å². The van der Waals surface area contributed by atoms with Gasteiger partial charge in [-0.1, -0.05) is 25.1 Å². The summed E-state index contributed by atoms with van der Waals surface area (Å²) in [6.07, 6.45) is 4.99. The topological polar surface area (TPSA) is 21.1 Å². The van der Waals surface area contributed by atoms with E-state index in [0.29, 0.717) is 0 Å². The molecule has 1 heterocycles. The first kappa shape index (κ1) is 12.8. The molecule has 0 saturated carbocycles. The summed E-state index contributed by atoms with van der Waals surface area (Å²) in [6, 6.07) is 8.64. The standard InChI is InChI=1S/C15H21N3/c1-4-13-6-5-7-14(12-13)15-16-8-9-18(15)11-10-17(2)3/h5-9,12H,4,10-11H2,1-3H3. The van der Waals surface area contributed by atoms with Crippen molar-refractivity contribution in [2.45, 2.75) is 19.9 Å². The Hall–Kier alpha value is -1.61. The summed E-state index contributed by atoms with van der Waals surface area (Å²) in [6.45, 7) is 4.17. The first-order valence-corrected chi connectivity index (χ1v) is 6.46. The van der Waals surface area contributed by atoms with Crippen LogP contribution in [0.1, 0.15) is 12.5 Å². The third-order valence-electron chi connectivity index (χ3n) is 3.10. The van der Waals surface area contributed by atoms with Gasteiger partial charge in [-0.2, -0.15) is 0 Å². The molecule has 0 N–H and O–H groups in total. The summed E-state index contributed by atoms with van der Waals surface area (Å²) in [5.74, 6) is 1.06. The van der Waals surface area contributed by atoms with E-state index in [1.807, 2.05) is 6.20 Å². The van der Waals surface area contributed by atoms with E-state index < -0.39 is 0 Å². The Morgan fingerprint density at radius 1 is 1.28 bits per heavy atom. The number of hydrogen-bond acceptors (Lipinski definition) is 2. The van der Waals surface area contributed by atoms with Gasteiger partial charge in [-0.05, 0) is 32.1 Å².